The number of hydrogen-bond donors (Lipinski definition) is 2. The molecule has 0 unspecified atom stereocenters. The SMILES string of the molecule is COCCOCCc1ncc(C(=O)O)c(N)n1. The Morgan fingerprint density at radius 1 is 1.47 bits per heavy atom. The second-order valence-corrected chi connectivity index (χ2v) is 3.25. The molecule has 0 aliphatic carbocycles. The van der Waals surface area contributed by atoms with Gasteiger partial charge in [-0.25, -0.2) is 14.8 Å². The molecule has 94 valence electrons. The molecular weight excluding hydrogens is 226 g/mol. The van der Waals surface area contributed by atoms with Crippen molar-refractivity contribution in [1.82, 2.24) is 9.97 Å². The minimum Gasteiger partial charge on any atom is -0.477 e. The van der Waals surface area contributed by atoms with E-state index in [1.807, 2.05) is 0 Å². The topological polar surface area (TPSA) is 108 Å². The van der Waals surface area contributed by atoms with Crippen LogP contribution in [0.3, 0.4) is 0 Å². The molecular formula is C10H15N3O4. The molecule has 0 saturated heterocycles. The van der Waals surface area contributed by atoms with Crippen LogP contribution in [-0.4, -0.2) is 48.0 Å². The predicted octanol–water partition coefficient (Wildman–Crippen LogP) is -0.0375. The van der Waals surface area contributed by atoms with Crippen molar-refractivity contribution in [2.24, 2.45) is 0 Å². The standard InChI is InChI=1S/C10H15N3O4/c1-16-4-5-17-3-2-8-12-6-7(10(14)15)9(11)13-8/h6H,2-5H2,1H3,(H,14,15)(H2,11,12,13). The van der Waals surface area contributed by atoms with Gasteiger partial charge in [0.2, 0.25) is 0 Å². The lowest BCUT2D eigenvalue weighted by Crippen LogP contribution is -2.11. The number of carboxylic acid groups (broad SMARTS) is 1. The third-order valence-electron chi connectivity index (χ3n) is 2.00. The molecule has 0 fully saturated rings. The zero-order chi connectivity index (χ0) is 12.7. The van der Waals surface area contributed by atoms with Crippen molar-refractivity contribution in [2.45, 2.75) is 6.42 Å². The van der Waals surface area contributed by atoms with Gasteiger partial charge in [0.05, 0.1) is 19.8 Å². The molecule has 0 saturated carbocycles. The van der Waals surface area contributed by atoms with Gasteiger partial charge < -0.3 is 20.3 Å². The number of nitrogens with zero attached hydrogens (tertiary/aromatic N) is 2. The maximum atomic E-state index is 10.7. The van der Waals surface area contributed by atoms with E-state index in [0.29, 0.717) is 32.1 Å². The highest BCUT2D eigenvalue weighted by Gasteiger charge is 2.10. The van der Waals surface area contributed by atoms with Gasteiger partial charge in [-0.15, -0.1) is 0 Å². The first-order valence-electron chi connectivity index (χ1n) is 5.06. The Bertz CT molecular complexity index is 384. The monoisotopic (exact) mass is 241 g/mol. The molecule has 0 aromatic carbocycles. The Hall–Kier alpha value is -1.73. The highest BCUT2D eigenvalue weighted by atomic mass is 16.5. The number of hydrogen-bond acceptors (Lipinski definition) is 6. The van der Waals surface area contributed by atoms with E-state index in [9.17, 15) is 4.79 Å². The first-order valence-corrected chi connectivity index (χ1v) is 5.06. The van der Waals surface area contributed by atoms with Gasteiger partial charge in [-0.05, 0) is 0 Å². The maximum absolute atomic E-state index is 10.7. The van der Waals surface area contributed by atoms with Crippen molar-refractivity contribution < 1.29 is 19.4 Å². The largest absolute Gasteiger partial charge is 0.477 e. The van der Waals surface area contributed by atoms with Crippen molar-refractivity contribution in [1.29, 1.82) is 0 Å². The molecule has 0 amide bonds. The summed E-state index contributed by atoms with van der Waals surface area (Å²) in [5.41, 5.74) is 5.39. The zero-order valence-electron chi connectivity index (χ0n) is 9.55. The first kappa shape index (κ1) is 13.3. The Kier molecular flexibility index (Phi) is 5.31. The second kappa shape index (κ2) is 6.77. The van der Waals surface area contributed by atoms with Crippen molar-refractivity contribution in [3.05, 3.63) is 17.6 Å². The van der Waals surface area contributed by atoms with Crippen LogP contribution in [0.5, 0.6) is 0 Å². The van der Waals surface area contributed by atoms with E-state index in [4.69, 9.17) is 20.3 Å². The highest BCUT2D eigenvalue weighted by Crippen LogP contribution is 2.07. The lowest BCUT2D eigenvalue weighted by atomic mass is 10.3. The van der Waals surface area contributed by atoms with E-state index in [-0.39, 0.29) is 11.4 Å². The summed E-state index contributed by atoms with van der Waals surface area (Å²) in [6.07, 6.45) is 1.68. The zero-order valence-corrected chi connectivity index (χ0v) is 9.55. The number of carboxylic acids is 1. The Labute approximate surface area is 98.6 Å². The molecule has 0 aliphatic heterocycles. The number of rotatable bonds is 7. The van der Waals surface area contributed by atoms with Crippen molar-refractivity contribution in [2.75, 3.05) is 32.7 Å². The second-order valence-electron chi connectivity index (χ2n) is 3.25. The van der Waals surface area contributed by atoms with E-state index in [0.717, 1.165) is 0 Å². The molecule has 0 radical (unpaired) electrons. The van der Waals surface area contributed by atoms with Gasteiger partial charge in [0.25, 0.3) is 0 Å². The van der Waals surface area contributed by atoms with Gasteiger partial charge in [-0.3, -0.25) is 0 Å². The molecule has 1 aromatic heterocycles. The Morgan fingerprint density at radius 2 is 2.24 bits per heavy atom. The summed E-state index contributed by atoms with van der Waals surface area (Å²) in [5.74, 6) is -0.699. The minimum absolute atomic E-state index is 0.0283. The van der Waals surface area contributed by atoms with Crippen LogP contribution in [-0.2, 0) is 15.9 Å². The molecule has 7 heteroatoms. The number of ether oxygens (including phenoxy) is 2. The molecule has 7 nitrogen and oxygen atoms in total. The number of nitrogens with two attached hydrogens (primary N) is 1. The highest BCUT2D eigenvalue weighted by molar-refractivity contribution is 5.92. The number of aromatic carboxylic acids is 1. The molecule has 0 spiro atoms. The average Bonchev–Trinajstić information content (AvgIpc) is 2.28. The van der Waals surface area contributed by atoms with Crippen LogP contribution in [0, 0.1) is 0 Å². The summed E-state index contributed by atoms with van der Waals surface area (Å²) in [6.45, 7) is 1.47. The predicted molar refractivity (Wildman–Crippen MR) is 59.8 cm³/mol. The summed E-state index contributed by atoms with van der Waals surface area (Å²) in [4.78, 5) is 18.4. The van der Waals surface area contributed by atoms with Gasteiger partial charge in [-0.2, -0.15) is 0 Å². The summed E-state index contributed by atoms with van der Waals surface area (Å²) in [5, 5.41) is 8.73. The molecule has 0 atom stereocenters. The fourth-order valence-corrected chi connectivity index (χ4v) is 1.13. The van der Waals surface area contributed by atoms with E-state index in [1.165, 1.54) is 6.20 Å². The van der Waals surface area contributed by atoms with Crippen LogP contribution >= 0.6 is 0 Å². The molecule has 0 aliphatic rings. The van der Waals surface area contributed by atoms with Gasteiger partial charge in [0.15, 0.2) is 0 Å². The molecule has 3 N–H and O–H groups in total. The lowest BCUT2D eigenvalue weighted by molar-refractivity contribution is 0.0696. The minimum atomic E-state index is -1.13. The van der Waals surface area contributed by atoms with Gasteiger partial charge >= 0.3 is 5.97 Å². The summed E-state index contributed by atoms with van der Waals surface area (Å²) >= 11 is 0. The average molecular weight is 241 g/mol. The van der Waals surface area contributed by atoms with Crippen LogP contribution in [0.4, 0.5) is 5.82 Å². The normalized spacial score (nSPS) is 10.4. The summed E-state index contributed by atoms with van der Waals surface area (Å²) in [6, 6.07) is 0. The van der Waals surface area contributed by atoms with E-state index in [1.54, 1.807) is 7.11 Å². The third-order valence-corrected chi connectivity index (χ3v) is 2.00. The van der Waals surface area contributed by atoms with Crippen LogP contribution in [0.1, 0.15) is 16.2 Å². The van der Waals surface area contributed by atoms with Crippen LogP contribution in [0.25, 0.3) is 0 Å². The van der Waals surface area contributed by atoms with Crippen LogP contribution in [0.2, 0.25) is 0 Å². The summed E-state index contributed by atoms with van der Waals surface area (Å²) < 4.78 is 10.0. The number of methoxy groups -OCH3 is 1. The van der Waals surface area contributed by atoms with Crippen molar-refractivity contribution in [3.63, 3.8) is 0 Å². The van der Waals surface area contributed by atoms with Crippen molar-refractivity contribution in [3.8, 4) is 0 Å². The van der Waals surface area contributed by atoms with Crippen LogP contribution < -0.4 is 5.73 Å². The third kappa shape index (κ3) is 4.33. The fraction of sp³-hybridized carbons (Fsp3) is 0.500. The number of aromatic nitrogens is 2. The fourth-order valence-electron chi connectivity index (χ4n) is 1.13. The maximum Gasteiger partial charge on any atom is 0.341 e. The quantitative estimate of drug-likeness (QED) is 0.645. The molecule has 1 rings (SSSR count). The first-order chi connectivity index (χ1) is 8.15. The van der Waals surface area contributed by atoms with E-state index in [2.05, 4.69) is 9.97 Å². The number of carbonyl (C=O) groups is 1. The Morgan fingerprint density at radius 3 is 2.82 bits per heavy atom. The number of nitrogen functional groups attached to an aromatic ring is 1. The van der Waals surface area contributed by atoms with Crippen LogP contribution in [0.15, 0.2) is 6.20 Å². The summed E-state index contributed by atoms with van der Waals surface area (Å²) in [7, 11) is 1.60. The lowest BCUT2D eigenvalue weighted by Gasteiger charge is -2.04. The molecule has 1 aromatic rings. The smallest absolute Gasteiger partial charge is 0.341 e. The molecule has 0 bridgehead atoms. The van der Waals surface area contributed by atoms with E-state index < -0.39 is 5.97 Å². The van der Waals surface area contributed by atoms with Crippen molar-refractivity contribution >= 4 is 11.8 Å². The number of anilines is 1. The molecule has 1 heterocycles. The Balaban J connectivity index is 2.45. The van der Waals surface area contributed by atoms with Gasteiger partial charge in [0.1, 0.15) is 17.2 Å². The van der Waals surface area contributed by atoms with Gasteiger partial charge in [0, 0.05) is 19.7 Å². The van der Waals surface area contributed by atoms with E-state index >= 15 is 0 Å². The van der Waals surface area contributed by atoms with Gasteiger partial charge in [-0.1, -0.05) is 0 Å². The molecule has 17 heavy (non-hydrogen) atoms.